The van der Waals surface area contributed by atoms with Crippen LogP contribution in [0.25, 0.3) is 0 Å². The summed E-state index contributed by atoms with van der Waals surface area (Å²) in [5, 5.41) is 36.3. The third kappa shape index (κ3) is 4.60. The van der Waals surface area contributed by atoms with Crippen molar-refractivity contribution in [1.82, 2.24) is 0 Å². The second kappa shape index (κ2) is 7.84. The van der Waals surface area contributed by atoms with Gasteiger partial charge in [-0.05, 0) is 12.7 Å². The number of rotatable bonds is 9. The molecule has 3 atom stereocenters. The minimum atomic E-state index is -3.36. The summed E-state index contributed by atoms with van der Waals surface area (Å²) in [6.45, 7) is 2.53. The normalized spacial score (nSPS) is 16.3. The van der Waals surface area contributed by atoms with E-state index in [0.717, 1.165) is 18.7 Å². The zero-order valence-electron chi connectivity index (χ0n) is 11.3. The van der Waals surface area contributed by atoms with Crippen molar-refractivity contribution in [1.29, 1.82) is 0 Å². The average Bonchev–Trinajstić information content (AvgIpc) is 2.40. The fraction of sp³-hybridized carbons (Fsp3) is 0.636. The summed E-state index contributed by atoms with van der Waals surface area (Å²) < 4.78 is 4.46. The predicted molar refractivity (Wildman–Crippen MR) is 69.9 cm³/mol. The third-order valence-corrected chi connectivity index (χ3v) is 3.58. The maximum Gasteiger partial charge on any atom is 0.351 e. The van der Waals surface area contributed by atoms with Gasteiger partial charge in [-0.1, -0.05) is 6.92 Å². The van der Waals surface area contributed by atoms with Crippen LogP contribution in [0.4, 0.5) is 0 Å². The highest BCUT2D eigenvalue weighted by Gasteiger charge is 2.55. The molecule has 0 aromatic heterocycles. The standard InChI is InChI=1S/C11H16O9S/c1-3-21-4-6(8(14)15)20-10(18)11(19,9(16)17)5(2)7(12)13/h5-6,19H,3-4H2,1-2H3,(H,12,13)(H,14,15)(H,16,17). The average molecular weight is 324 g/mol. The van der Waals surface area contributed by atoms with Gasteiger partial charge in [0.15, 0.2) is 0 Å². The molecule has 120 valence electrons. The van der Waals surface area contributed by atoms with Crippen LogP contribution in [0.15, 0.2) is 0 Å². The van der Waals surface area contributed by atoms with Crippen molar-refractivity contribution in [3.05, 3.63) is 0 Å². The number of carbonyl (C=O) groups excluding carboxylic acids is 1. The maximum absolute atomic E-state index is 11.7. The Bertz CT molecular complexity index is 435. The molecule has 0 amide bonds. The molecule has 0 heterocycles. The summed E-state index contributed by atoms with van der Waals surface area (Å²) in [5.41, 5.74) is -3.36. The Morgan fingerprint density at radius 1 is 1.14 bits per heavy atom. The van der Waals surface area contributed by atoms with Crippen molar-refractivity contribution in [3.8, 4) is 0 Å². The fourth-order valence-electron chi connectivity index (χ4n) is 1.23. The van der Waals surface area contributed by atoms with E-state index in [-0.39, 0.29) is 5.75 Å². The quantitative estimate of drug-likeness (QED) is 0.314. The molecule has 0 fully saturated rings. The van der Waals surface area contributed by atoms with E-state index in [2.05, 4.69) is 4.74 Å². The van der Waals surface area contributed by atoms with Crippen LogP contribution in [0.1, 0.15) is 13.8 Å². The Labute approximate surface area is 123 Å². The molecule has 0 radical (unpaired) electrons. The smallest absolute Gasteiger partial charge is 0.351 e. The highest BCUT2D eigenvalue weighted by molar-refractivity contribution is 7.99. The fourth-order valence-corrected chi connectivity index (χ4v) is 1.89. The van der Waals surface area contributed by atoms with E-state index >= 15 is 0 Å². The lowest BCUT2D eigenvalue weighted by Gasteiger charge is -2.26. The third-order valence-electron chi connectivity index (χ3n) is 2.63. The van der Waals surface area contributed by atoms with Crippen molar-refractivity contribution >= 4 is 35.6 Å². The van der Waals surface area contributed by atoms with Crippen LogP contribution in [0.2, 0.25) is 0 Å². The Hall–Kier alpha value is -1.81. The Balaban J connectivity index is 5.27. The van der Waals surface area contributed by atoms with Gasteiger partial charge in [-0.2, -0.15) is 11.8 Å². The van der Waals surface area contributed by atoms with E-state index in [4.69, 9.17) is 15.3 Å². The van der Waals surface area contributed by atoms with Crippen molar-refractivity contribution in [3.63, 3.8) is 0 Å². The summed E-state index contributed by atoms with van der Waals surface area (Å²) in [6.07, 6.45) is -1.69. The molecule has 0 bridgehead atoms. The highest BCUT2D eigenvalue weighted by atomic mass is 32.2. The minimum absolute atomic E-state index is 0.158. The van der Waals surface area contributed by atoms with Gasteiger partial charge in [0.2, 0.25) is 6.10 Å². The summed E-state index contributed by atoms with van der Waals surface area (Å²) in [6, 6.07) is 0. The molecular weight excluding hydrogens is 308 g/mol. The molecule has 0 aromatic rings. The Morgan fingerprint density at radius 2 is 1.67 bits per heavy atom. The first-order valence-electron chi connectivity index (χ1n) is 5.79. The number of ether oxygens (including phenoxy) is 1. The van der Waals surface area contributed by atoms with Crippen LogP contribution < -0.4 is 0 Å². The summed E-state index contributed by atoms with van der Waals surface area (Å²) in [7, 11) is 0. The molecular formula is C11H16O9S. The Morgan fingerprint density at radius 3 is 2.00 bits per heavy atom. The van der Waals surface area contributed by atoms with Gasteiger partial charge in [0.1, 0.15) is 5.92 Å². The van der Waals surface area contributed by atoms with E-state index in [1.165, 1.54) is 0 Å². The number of thioether (sulfide) groups is 1. The molecule has 0 spiro atoms. The zero-order valence-corrected chi connectivity index (χ0v) is 12.1. The van der Waals surface area contributed by atoms with E-state index in [1.807, 2.05) is 0 Å². The summed E-state index contributed by atoms with van der Waals surface area (Å²) >= 11 is 1.12. The molecule has 0 saturated carbocycles. The highest BCUT2D eigenvalue weighted by Crippen LogP contribution is 2.22. The maximum atomic E-state index is 11.7. The number of hydrogen-bond donors (Lipinski definition) is 4. The first-order chi connectivity index (χ1) is 9.58. The van der Waals surface area contributed by atoms with Crippen molar-refractivity contribution in [2.75, 3.05) is 11.5 Å². The van der Waals surface area contributed by atoms with Crippen LogP contribution in [-0.4, -0.2) is 67.5 Å². The van der Waals surface area contributed by atoms with E-state index in [1.54, 1.807) is 6.92 Å². The van der Waals surface area contributed by atoms with Gasteiger partial charge in [-0.3, -0.25) is 4.79 Å². The van der Waals surface area contributed by atoms with Gasteiger partial charge in [0, 0.05) is 5.75 Å². The molecule has 0 aliphatic carbocycles. The minimum Gasteiger partial charge on any atom is -0.481 e. The molecule has 4 N–H and O–H groups in total. The van der Waals surface area contributed by atoms with E-state index in [0.29, 0.717) is 5.75 Å². The number of esters is 1. The number of aliphatic carboxylic acids is 3. The van der Waals surface area contributed by atoms with E-state index < -0.39 is 41.5 Å². The molecule has 0 rings (SSSR count). The lowest BCUT2D eigenvalue weighted by atomic mass is 9.89. The first kappa shape index (κ1) is 19.2. The number of hydrogen-bond acceptors (Lipinski definition) is 7. The predicted octanol–water partition coefficient (Wildman–Crippen LogP) is -0.728. The topological polar surface area (TPSA) is 158 Å². The lowest BCUT2D eigenvalue weighted by Crippen LogP contribution is -2.56. The second-order valence-electron chi connectivity index (χ2n) is 4.02. The van der Waals surface area contributed by atoms with Crippen LogP contribution in [0, 0.1) is 5.92 Å². The number of carboxylic acid groups (broad SMARTS) is 3. The summed E-state index contributed by atoms with van der Waals surface area (Å²) in [4.78, 5) is 44.4. The first-order valence-corrected chi connectivity index (χ1v) is 6.94. The SMILES string of the molecule is CCSCC(OC(=O)C(O)(C(=O)O)C(C)C(=O)O)C(=O)O. The van der Waals surface area contributed by atoms with Gasteiger partial charge in [0.05, 0.1) is 0 Å². The van der Waals surface area contributed by atoms with Gasteiger partial charge < -0.3 is 25.2 Å². The molecule has 21 heavy (non-hydrogen) atoms. The van der Waals surface area contributed by atoms with Crippen LogP contribution >= 0.6 is 11.8 Å². The van der Waals surface area contributed by atoms with Gasteiger partial charge in [-0.15, -0.1) is 0 Å². The van der Waals surface area contributed by atoms with E-state index in [9.17, 15) is 24.3 Å². The molecule has 0 aromatic carbocycles. The zero-order chi connectivity index (χ0) is 16.8. The molecule has 0 aliphatic heterocycles. The molecule has 0 aliphatic rings. The number of aliphatic hydroxyl groups is 1. The van der Waals surface area contributed by atoms with Crippen LogP contribution in [-0.2, 0) is 23.9 Å². The molecule has 9 nitrogen and oxygen atoms in total. The lowest BCUT2D eigenvalue weighted by molar-refractivity contribution is -0.195. The molecule has 0 saturated heterocycles. The molecule has 3 unspecified atom stereocenters. The van der Waals surface area contributed by atoms with Gasteiger partial charge in [-0.25, -0.2) is 14.4 Å². The monoisotopic (exact) mass is 324 g/mol. The van der Waals surface area contributed by atoms with Crippen LogP contribution in [0.5, 0.6) is 0 Å². The number of carbonyl (C=O) groups is 4. The number of carboxylic acids is 3. The second-order valence-corrected chi connectivity index (χ2v) is 5.34. The van der Waals surface area contributed by atoms with Gasteiger partial charge >= 0.3 is 23.9 Å². The molecule has 10 heteroatoms. The Kier molecular flexibility index (Phi) is 7.16. The largest absolute Gasteiger partial charge is 0.481 e. The van der Waals surface area contributed by atoms with Gasteiger partial charge in [0.25, 0.3) is 5.60 Å². The summed E-state index contributed by atoms with van der Waals surface area (Å²) in [5.74, 6) is -8.88. The van der Waals surface area contributed by atoms with Crippen LogP contribution in [0.3, 0.4) is 0 Å². The van der Waals surface area contributed by atoms with Crippen molar-refractivity contribution in [2.24, 2.45) is 5.92 Å². The van der Waals surface area contributed by atoms with Crippen molar-refractivity contribution in [2.45, 2.75) is 25.6 Å². The van der Waals surface area contributed by atoms with Crippen molar-refractivity contribution < 1.29 is 44.3 Å².